The summed E-state index contributed by atoms with van der Waals surface area (Å²) in [5.74, 6) is 0.176. The van der Waals surface area contributed by atoms with Crippen LogP contribution in [-0.4, -0.2) is 28.7 Å². The van der Waals surface area contributed by atoms with Gasteiger partial charge in [-0.25, -0.2) is 0 Å². The van der Waals surface area contributed by atoms with E-state index < -0.39 is 0 Å². The zero-order valence-corrected chi connectivity index (χ0v) is 9.09. The maximum Gasteiger partial charge on any atom is 0.223 e. The lowest BCUT2D eigenvalue weighted by Gasteiger charge is -2.20. The number of carbonyl (C=O) groups excluding carboxylic acids is 1. The first-order valence-electron chi connectivity index (χ1n) is 4.52. The standard InChI is InChI=1S/C9H13BrN2O/c10-5-4-9(13)12(7-1-6-11)8-2-3-8/h8H,1-5,7H2. The van der Waals surface area contributed by atoms with E-state index in [9.17, 15) is 4.79 Å². The molecular formula is C9H13BrN2O. The summed E-state index contributed by atoms with van der Waals surface area (Å²) in [6.45, 7) is 0.604. The Kier molecular flexibility index (Phi) is 4.23. The second-order valence-corrected chi connectivity index (χ2v) is 3.96. The lowest BCUT2D eigenvalue weighted by molar-refractivity contribution is -0.131. The van der Waals surface area contributed by atoms with E-state index in [1.165, 1.54) is 0 Å². The number of amides is 1. The number of alkyl halides is 1. The average Bonchev–Trinajstić information content (AvgIpc) is 2.89. The van der Waals surface area contributed by atoms with Crippen molar-refractivity contribution >= 4 is 21.8 Å². The van der Waals surface area contributed by atoms with Crippen molar-refractivity contribution in [1.82, 2.24) is 4.90 Å². The molecule has 0 aromatic carbocycles. The highest BCUT2D eigenvalue weighted by Crippen LogP contribution is 2.27. The largest absolute Gasteiger partial charge is 0.339 e. The van der Waals surface area contributed by atoms with Crippen molar-refractivity contribution in [3.63, 3.8) is 0 Å². The lowest BCUT2D eigenvalue weighted by Crippen LogP contribution is -2.33. The van der Waals surface area contributed by atoms with Crippen molar-refractivity contribution in [2.24, 2.45) is 0 Å². The molecular weight excluding hydrogens is 232 g/mol. The summed E-state index contributed by atoms with van der Waals surface area (Å²) in [6, 6.07) is 2.50. The van der Waals surface area contributed by atoms with Crippen LogP contribution in [0.1, 0.15) is 25.7 Å². The van der Waals surface area contributed by atoms with Crippen LogP contribution in [0.2, 0.25) is 0 Å². The maximum absolute atomic E-state index is 11.5. The van der Waals surface area contributed by atoms with E-state index in [-0.39, 0.29) is 5.91 Å². The van der Waals surface area contributed by atoms with Crippen LogP contribution in [0.3, 0.4) is 0 Å². The average molecular weight is 245 g/mol. The fourth-order valence-corrected chi connectivity index (χ4v) is 1.63. The van der Waals surface area contributed by atoms with Crippen LogP contribution < -0.4 is 0 Å². The first-order chi connectivity index (χ1) is 6.29. The third-order valence-corrected chi connectivity index (χ3v) is 2.48. The number of nitriles is 1. The minimum Gasteiger partial charge on any atom is -0.339 e. The van der Waals surface area contributed by atoms with Gasteiger partial charge in [-0.3, -0.25) is 4.79 Å². The fourth-order valence-electron chi connectivity index (χ4n) is 1.29. The number of nitrogens with zero attached hydrogens (tertiary/aromatic N) is 2. The third kappa shape index (κ3) is 3.35. The quantitative estimate of drug-likeness (QED) is 0.691. The normalized spacial score (nSPS) is 15.1. The van der Waals surface area contributed by atoms with Crippen LogP contribution in [0.15, 0.2) is 0 Å². The summed E-state index contributed by atoms with van der Waals surface area (Å²) < 4.78 is 0. The molecule has 1 amide bonds. The van der Waals surface area contributed by atoms with Crippen LogP contribution in [0.5, 0.6) is 0 Å². The molecule has 0 unspecified atom stereocenters. The first kappa shape index (κ1) is 10.5. The van der Waals surface area contributed by atoms with Crippen LogP contribution in [0.4, 0.5) is 0 Å². The molecule has 1 rings (SSSR count). The van der Waals surface area contributed by atoms with E-state index in [0.29, 0.717) is 30.8 Å². The molecule has 0 spiro atoms. The fraction of sp³-hybridized carbons (Fsp3) is 0.778. The monoisotopic (exact) mass is 244 g/mol. The predicted molar refractivity (Wildman–Crippen MR) is 53.4 cm³/mol. The van der Waals surface area contributed by atoms with E-state index in [1.807, 2.05) is 4.90 Å². The van der Waals surface area contributed by atoms with Gasteiger partial charge in [-0.2, -0.15) is 5.26 Å². The van der Waals surface area contributed by atoms with Crippen LogP contribution >= 0.6 is 15.9 Å². The van der Waals surface area contributed by atoms with Crippen molar-refractivity contribution in [3.8, 4) is 6.07 Å². The number of carbonyl (C=O) groups is 1. The number of rotatable bonds is 5. The summed E-state index contributed by atoms with van der Waals surface area (Å²) in [4.78, 5) is 13.4. The van der Waals surface area contributed by atoms with Gasteiger partial charge in [0, 0.05) is 24.3 Å². The highest BCUT2D eigenvalue weighted by molar-refractivity contribution is 9.09. The van der Waals surface area contributed by atoms with Gasteiger partial charge >= 0.3 is 0 Å². The van der Waals surface area contributed by atoms with E-state index in [1.54, 1.807) is 0 Å². The van der Waals surface area contributed by atoms with Gasteiger partial charge in [0.15, 0.2) is 0 Å². The van der Waals surface area contributed by atoms with Crippen molar-refractivity contribution in [3.05, 3.63) is 0 Å². The zero-order chi connectivity index (χ0) is 9.68. The maximum atomic E-state index is 11.5. The molecule has 0 aromatic rings. The minimum absolute atomic E-state index is 0.176. The van der Waals surface area contributed by atoms with Crippen molar-refractivity contribution in [2.75, 3.05) is 11.9 Å². The Morgan fingerprint density at radius 1 is 1.62 bits per heavy atom. The topological polar surface area (TPSA) is 44.1 Å². The third-order valence-electron chi connectivity index (χ3n) is 2.08. The molecule has 0 N–H and O–H groups in total. The Morgan fingerprint density at radius 3 is 2.77 bits per heavy atom. The molecule has 0 radical (unpaired) electrons. The Bertz CT molecular complexity index is 220. The van der Waals surface area contributed by atoms with Crippen LogP contribution in [-0.2, 0) is 4.79 Å². The molecule has 0 aromatic heterocycles. The summed E-state index contributed by atoms with van der Waals surface area (Å²) in [6.07, 6.45) is 3.21. The second kappa shape index (κ2) is 5.23. The van der Waals surface area contributed by atoms with Gasteiger partial charge in [0.05, 0.1) is 12.5 Å². The van der Waals surface area contributed by atoms with Gasteiger partial charge in [0.25, 0.3) is 0 Å². The zero-order valence-electron chi connectivity index (χ0n) is 7.50. The highest BCUT2D eigenvalue weighted by atomic mass is 79.9. The minimum atomic E-state index is 0.176. The van der Waals surface area contributed by atoms with Gasteiger partial charge < -0.3 is 4.90 Å². The van der Waals surface area contributed by atoms with Gasteiger partial charge in [-0.15, -0.1) is 0 Å². The Morgan fingerprint density at radius 2 is 2.31 bits per heavy atom. The van der Waals surface area contributed by atoms with Gasteiger partial charge in [-0.05, 0) is 12.8 Å². The summed E-state index contributed by atoms with van der Waals surface area (Å²) in [7, 11) is 0. The number of hydrogen-bond acceptors (Lipinski definition) is 2. The van der Waals surface area contributed by atoms with E-state index in [2.05, 4.69) is 22.0 Å². The summed E-state index contributed by atoms with van der Waals surface area (Å²) in [5.41, 5.74) is 0. The van der Waals surface area contributed by atoms with Gasteiger partial charge in [0.2, 0.25) is 5.91 Å². The van der Waals surface area contributed by atoms with Crippen molar-refractivity contribution < 1.29 is 4.79 Å². The Balaban J connectivity index is 2.37. The second-order valence-electron chi connectivity index (χ2n) is 3.17. The first-order valence-corrected chi connectivity index (χ1v) is 5.64. The van der Waals surface area contributed by atoms with E-state index >= 15 is 0 Å². The molecule has 0 saturated heterocycles. The molecule has 0 atom stereocenters. The number of hydrogen-bond donors (Lipinski definition) is 0. The van der Waals surface area contributed by atoms with Gasteiger partial charge in [0.1, 0.15) is 0 Å². The SMILES string of the molecule is N#CCCN(C(=O)CCBr)C1CC1. The summed E-state index contributed by atoms with van der Waals surface area (Å²) >= 11 is 3.24. The molecule has 0 heterocycles. The molecule has 1 aliphatic rings. The molecule has 13 heavy (non-hydrogen) atoms. The molecule has 0 aliphatic heterocycles. The Labute approximate surface area is 86.8 Å². The summed E-state index contributed by atoms with van der Waals surface area (Å²) in [5, 5.41) is 9.14. The molecule has 0 bridgehead atoms. The predicted octanol–water partition coefficient (Wildman–Crippen LogP) is 1.68. The molecule has 3 nitrogen and oxygen atoms in total. The van der Waals surface area contributed by atoms with Gasteiger partial charge in [-0.1, -0.05) is 15.9 Å². The number of halogens is 1. The lowest BCUT2D eigenvalue weighted by atomic mass is 10.3. The molecule has 4 heteroatoms. The van der Waals surface area contributed by atoms with E-state index in [0.717, 1.165) is 12.8 Å². The van der Waals surface area contributed by atoms with Crippen molar-refractivity contribution in [2.45, 2.75) is 31.7 Å². The molecule has 1 saturated carbocycles. The molecule has 1 fully saturated rings. The highest BCUT2D eigenvalue weighted by Gasteiger charge is 2.31. The smallest absolute Gasteiger partial charge is 0.223 e. The van der Waals surface area contributed by atoms with Crippen molar-refractivity contribution in [1.29, 1.82) is 5.26 Å². The molecule has 72 valence electrons. The van der Waals surface area contributed by atoms with Crippen LogP contribution in [0, 0.1) is 11.3 Å². The van der Waals surface area contributed by atoms with E-state index in [4.69, 9.17) is 5.26 Å². The van der Waals surface area contributed by atoms with Crippen LogP contribution in [0.25, 0.3) is 0 Å². The molecule has 1 aliphatic carbocycles. The Hall–Kier alpha value is -0.560.